The molecule has 2 N–H and O–H groups in total. The van der Waals surface area contributed by atoms with Crippen molar-refractivity contribution < 1.29 is 23.5 Å². The van der Waals surface area contributed by atoms with Gasteiger partial charge in [-0.15, -0.1) is 11.3 Å². The van der Waals surface area contributed by atoms with Crippen LogP contribution in [0.2, 0.25) is 0 Å². The zero-order valence-corrected chi connectivity index (χ0v) is 18.1. The summed E-state index contributed by atoms with van der Waals surface area (Å²) < 4.78 is 25.7. The van der Waals surface area contributed by atoms with Crippen LogP contribution in [0.1, 0.15) is 57.8 Å². The van der Waals surface area contributed by atoms with Crippen molar-refractivity contribution in [3.05, 3.63) is 45.6 Å². The van der Waals surface area contributed by atoms with E-state index < -0.39 is 11.6 Å². The van der Waals surface area contributed by atoms with E-state index in [9.17, 15) is 14.0 Å². The van der Waals surface area contributed by atoms with Gasteiger partial charge in [0.25, 0.3) is 5.91 Å². The van der Waals surface area contributed by atoms with E-state index in [0.717, 1.165) is 11.1 Å². The molecule has 1 aromatic heterocycles. The molecule has 2 aliphatic rings. The molecule has 1 fully saturated rings. The Kier molecular flexibility index (Phi) is 5.65. The number of hydrogen-bond donors (Lipinski definition) is 2. The van der Waals surface area contributed by atoms with Gasteiger partial charge in [0.05, 0.1) is 22.7 Å². The Labute approximate surface area is 178 Å². The predicted octanol–water partition coefficient (Wildman–Crippen LogP) is 4.34. The second kappa shape index (κ2) is 8.09. The maximum Gasteiger partial charge on any atom is 0.254 e. The van der Waals surface area contributed by atoms with Gasteiger partial charge in [0.2, 0.25) is 0 Å². The van der Waals surface area contributed by atoms with Gasteiger partial charge in [0.1, 0.15) is 16.9 Å². The molecule has 8 heteroatoms. The molecule has 1 aliphatic carbocycles. The molecule has 1 unspecified atom stereocenters. The maximum absolute atomic E-state index is 14.4. The highest BCUT2D eigenvalue weighted by Crippen LogP contribution is 2.40. The summed E-state index contributed by atoms with van der Waals surface area (Å²) >= 11 is 1.22. The molecule has 1 aliphatic heterocycles. The summed E-state index contributed by atoms with van der Waals surface area (Å²) in [7, 11) is 0. The van der Waals surface area contributed by atoms with Crippen LogP contribution < -0.4 is 10.6 Å². The van der Waals surface area contributed by atoms with Gasteiger partial charge in [0, 0.05) is 13.0 Å². The number of rotatable bonds is 5. The average molecular weight is 433 g/mol. The van der Waals surface area contributed by atoms with Crippen LogP contribution >= 0.6 is 11.3 Å². The summed E-state index contributed by atoms with van der Waals surface area (Å²) in [6, 6.07) is 4.86. The highest BCUT2D eigenvalue weighted by Gasteiger charge is 2.34. The fourth-order valence-corrected chi connectivity index (χ4v) is 5.03. The third-order valence-electron chi connectivity index (χ3n) is 5.25. The standard InChI is InChI=1S/C22H25FN2O4S/c1-12-7-8-16(15(23)9-12)25-21-18(14-5-4-6-17(26)19(14)30-21)20(27)24-10-13-11-28-22(2,3)29-13/h7-9,13,25H,4-6,10-11H2,1-3H3,(H,24,27). The van der Waals surface area contributed by atoms with Crippen molar-refractivity contribution in [1.29, 1.82) is 0 Å². The zero-order valence-electron chi connectivity index (χ0n) is 17.3. The topological polar surface area (TPSA) is 76.7 Å². The number of aryl methyl sites for hydroxylation is 1. The molecular weight excluding hydrogens is 407 g/mol. The molecule has 2 heterocycles. The number of amides is 1. The number of thiophene rings is 1. The third-order valence-corrected chi connectivity index (χ3v) is 6.44. The molecule has 0 bridgehead atoms. The summed E-state index contributed by atoms with van der Waals surface area (Å²) in [4.78, 5) is 26.1. The summed E-state index contributed by atoms with van der Waals surface area (Å²) in [5.74, 6) is -1.34. The quantitative estimate of drug-likeness (QED) is 0.735. The molecule has 1 aromatic carbocycles. The van der Waals surface area contributed by atoms with Gasteiger partial charge in [-0.25, -0.2) is 4.39 Å². The van der Waals surface area contributed by atoms with Gasteiger partial charge < -0.3 is 20.1 Å². The van der Waals surface area contributed by atoms with Gasteiger partial charge in [-0.2, -0.15) is 0 Å². The number of carbonyl (C=O) groups is 2. The smallest absolute Gasteiger partial charge is 0.254 e. The number of ether oxygens (including phenoxy) is 2. The van der Waals surface area contributed by atoms with Gasteiger partial charge >= 0.3 is 0 Å². The SMILES string of the molecule is Cc1ccc(Nc2sc3c(c2C(=O)NCC2COC(C)(C)O2)CCCC3=O)c(F)c1. The molecule has 0 spiro atoms. The molecule has 1 atom stereocenters. The number of nitrogens with one attached hydrogen (secondary N) is 2. The lowest BCUT2D eigenvalue weighted by Crippen LogP contribution is -2.35. The first-order chi connectivity index (χ1) is 14.2. The fourth-order valence-electron chi connectivity index (χ4n) is 3.80. The molecule has 0 saturated carbocycles. The van der Waals surface area contributed by atoms with E-state index in [1.54, 1.807) is 12.1 Å². The van der Waals surface area contributed by atoms with Crippen molar-refractivity contribution in [3.63, 3.8) is 0 Å². The molecular formula is C22H25FN2O4S. The van der Waals surface area contributed by atoms with Gasteiger partial charge in [-0.3, -0.25) is 9.59 Å². The van der Waals surface area contributed by atoms with Crippen LogP contribution in [0, 0.1) is 12.7 Å². The van der Waals surface area contributed by atoms with Crippen molar-refractivity contribution in [2.75, 3.05) is 18.5 Å². The molecule has 2 aromatic rings. The minimum atomic E-state index is -0.668. The van der Waals surface area contributed by atoms with E-state index in [1.165, 1.54) is 17.4 Å². The van der Waals surface area contributed by atoms with Crippen LogP contribution in [-0.4, -0.2) is 36.7 Å². The van der Waals surface area contributed by atoms with Crippen molar-refractivity contribution >= 4 is 33.7 Å². The predicted molar refractivity (Wildman–Crippen MR) is 113 cm³/mol. The molecule has 1 amide bonds. The van der Waals surface area contributed by atoms with E-state index in [4.69, 9.17) is 9.47 Å². The van der Waals surface area contributed by atoms with Crippen molar-refractivity contribution in [2.24, 2.45) is 0 Å². The Balaban J connectivity index is 1.60. The highest BCUT2D eigenvalue weighted by molar-refractivity contribution is 7.18. The first-order valence-corrected chi connectivity index (χ1v) is 10.9. The minimum Gasteiger partial charge on any atom is -0.349 e. The first kappa shape index (κ1) is 21.0. The summed E-state index contributed by atoms with van der Waals surface area (Å²) in [6.07, 6.45) is 1.57. The molecule has 6 nitrogen and oxygen atoms in total. The highest BCUT2D eigenvalue weighted by atomic mass is 32.1. The number of halogens is 1. The fraction of sp³-hybridized carbons (Fsp3) is 0.455. The van der Waals surface area contributed by atoms with Crippen molar-refractivity contribution in [3.8, 4) is 0 Å². The summed E-state index contributed by atoms with van der Waals surface area (Å²) in [5.41, 5.74) is 2.24. The number of ketones is 1. The van der Waals surface area contributed by atoms with E-state index >= 15 is 0 Å². The third kappa shape index (κ3) is 4.26. The normalized spacial score (nSPS) is 20.1. The van der Waals surface area contributed by atoms with Crippen molar-refractivity contribution in [1.82, 2.24) is 5.32 Å². The molecule has 0 radical (unpaired) electrons. The number of carbonyl (C=O) groups excluding carboxylic acids is 2. The van der Waals surface area contributed by atoms with E-state index in [1.807, 2.05) is 20.8 Å². The number of Topliss-reactive ketones (excluding diaryl/α,β-unsaturated/α-hetero) is 1. The van der Waals surface area contributed by atoms with Gasteiger partial charge in [-0.1, -0.05) is 6.07 Å². The van der Waals surface area contributed by atoms with Gasteiger partial charge in [0.15, 0.2) is 11.6 Å². The van der Waals surface area contributed by atoms with E-state index in [2.05, 4.69) is 10.6 Å². The lowest BCUT2D eigenvalue weighted by atomic mass is 9.94. The van der Waals surface area contributed by atoms with Crippen LogP contribution in [0.15, 0.2) is 18.2 Å². The molecule has 30 heavy (non-hydrogen) atoms. The number of fused-ring (bicyclic) bond motifs is 1. The first-order valence-electron chi connectivity index (χ1n) is 10.1. The molecule has 160 valence electrons. The zero-order chi connectivity index (χ0) is 21.5. The Morgan fingerprint density at radius 1 is 1.33 bits per heavy atom. The Bertz CT molecular complexity index is 1000. The Hall–Kier alpha value is -2.29. The number of hydrogen-bond acceptors (Lipinski definition) is 6. The van der Waals surface area contributed by atoms with E-state index in [-0.39, 0.29) is 23.5 Å². The second-order valence-corrected chi connectivity index (χ2v) is 9.18. The largest absolute Gasteiger partial charge is 0.349 e. The van der Waals surface area contributed by atoms with Crippen molar-refractivity contribution in [2.45, 2.75) is 51.9 Å². The average Bonchev–Trinajstić information content (AvgIpc) is 3.22. The van der Waals surface area contributed by atoms with E-state index in [0.29, 0.717) is 47.9 Å². The summed E-state index contributed by atoms with van der Waals surface area (Å²) in [6.45, 7) is 6.15. The summed E-state index contributed by atoms with van der Waals surface area (Å²) in [5, 5.41) is 6.43. The van der Waals surface area contributed by atoms with Crippen LogP contribution in [0.3, 0.4) is 0 Å². The number of benzene rings is 1. The minimum absolute atomic E-state index is 0.0296. The lowest BCUT2D eigenvalue weighted by Gasteiger charge is -2.18. The number of anilines is 2. The molecule has 1 saturated heterocycles. The van der Waals surface area contributed by atoms with Crippen LogP contribution in [0.5, 0.6) is 0 Å². The Morgan fingerprint density at radius 2 is 2.13 bits per heavy atom. The lowest BCUT2D eigenvalue weighted by molar-refractivity contribution is -0.137. The van der Waals surface area contributed by atoms with Crippen LogP contribution in [-0.2, 0) is 15.9 Å². The monoisotopic (exact) mass is 432 g/mol. The second-order valence-electron chi connectivity index (χ2n) is 8.16. The molecule has 4 rings (SSSR count). The maximum atomic E-state index is 14.4. The van der Waals surface area contributed by atoms with Crippen LogP contribution in [0.4, 0.5) is 15.1 Å². The van der Waals surface area contributed by atoms with Gasteiger partial charge in [-0.05, 0) is 56.9 Å². The van der Waals surface area contributed by atoms with Crippen LogP contribution in [0.25, 0.3) is 0 Å². The Morgan fingerprint density at radius 3 is 2.83 bits per heavy atom.